The van der Waals surface area contributed by atoms with Gasteiger partial charge in [-0.2, -0.15) is 0 Å². The summed E-state index contributed by atoms with van der Waals surface area (Å²) >= 11 is 0. The zero-order chi connectivity index (χ0) is 13.9. The van der Waals surface area contributed by atoms with E-state index in [-0.39, 0.29) is 11.7 Å². The predicted octanol–water partition coefficient (Wildman–Crippen LogP) is 3.19. The number of nitrogens with zero attached hydrogens (tertiary/aromatic N) is 1. The van der Waals surface area contributed by atoms with Crippen LogP contribution in [0.2, 0.25) is 0 Å². The maximum Gasteiger partial charge on any atom is 0.256 e. The molecular weight excluding hydrogens is 252 g/mol. The quantitative estimate of drug-likeness (QED) is 0.747. The maximum absolute atomic E-state index is 12.3. The van der Waals surface area contributed by atoms with Crippen LogP contribution in [-0.4, -0.2) is 16.0 Å². The molecule has 1 amide bonds. The Kier molecular flexibility index (Phi) is 3.05. The van der Waals surface area contributed by atoms with Crippen molar-refractivity contribution in [1.29, 1.82) is 0 Å². The summed E-state index contributed by atoms with van der Waals surface area (Å²) in [7, 11) is 0. The fourth-order valence-electron chi connectivity index (χ4n) is 2.08. The zero-order valence-electron chi connectivity index (χ0n) is 10.6. The number of rotatable bonds is 2. The Hall–Kier alpha value is -2.88. The molecule has 1 aromatic heterocycles. The van der Waals surface area contributed by atoms with Crippen molar-refractivity contribution in [3.8, 4) is 5.75 Å². The first-order valence-electron chi connectivity index (χ1n) is 6.19. The molecule has 0 atom stereocenters. The van der Waals surface area contributed by atoms with E-state index in [1.54, 1.807) is 24.4 Å². The molecule has 0 aliphatic rings. The smallest absolute Gasteiger partial charge is 0.256 e. The number of phenolic OH excluding ortho intramolecular Hbond substituents is 1. The van der Waals surface area contributed by atoms with Crippen molar-refractivity contribution in [2.24, 2.45) is 0 Å². The van der Waals surface area contributed by atoms with Crippen LogP contribution in [-0.2, 0) is 0 Å². The van der Waals surface area contributed by atoms with E-state index in [0.29, 0.717) is 16.5 Å². The van der Waals surface area contributed by atoms with Crippen LogP contribution >= 0.6 is 0 Å². The molecule has 3 aromatic rings. The van der Waals surface area contributed by atoms with Gasteiger partial charge in [-0.3, -0.25) is 9.78 Å². The number of anilines is 1. The molecule has 0 spiro atoms. The van der Waals surface area contributed by atoms with E-state index in [1.807, 2.05) is 30.3 Å². The van der Waals surface area contributed by atoms with Crippen LogP contribution in [0.3, 0.4) is 0 Å². The number of para-hydroxylation sites is 1. The number of phenols is 1. The first kappa shape index (κ1) is 12.2. The van der Waals surface area contributed by atoms with Crippen molar-refractivity contribution in [1.82, 2.24) is 4.98 Å². The lowest BCUT2D eigenvalue weighted by atomic mass is 10.1. The first-order valence-corrected chi connectivity index (χ1v) is 6.19. The second-order valence-corrected chi connectivity index (χ2v) is 4.35. The van der Waals surface area contributed by atoms with Crippen LogP contribution in [0.4, 0.5) is 5.69 Å². The number of amides is 1. The summed E-state index contributed by atoms with van der Waals surface area (Å²) in [5.74, 6) is -0.161. The maximum atomic E-state index is 12.3. The highest BCUT2D eigenvalue weighted by atomic mass is 16.3. The minimum atomic E-state index is -0.228. The zero-order valence-corrected chi connectivity index (χ0v) is 10.6. The second-order valence-electron chi connectivity index (χ2n) is 4.35. The highest BCUT2D eigenvalue weighted by Crippen LogP contribution is 2.26. The molecule has 0 unspecified atom stereocenters. The summed E-state index contributed by atoms with van der Waals surface area (Å²) in [5, 5.41) is 13.2. The standard InChI is InChI=1S/C16H12N2O2/c19-14-9-8-13(12-7-4-10-17-15(12)14)16(20)18-11-5-2-1-3-6-11/h1-10,19H,(H,18,20). The van der Waals surface area contributed by atoms with Crippen LogP contribution < -0.4 is 5.32 Å². The van der Waals surface area contributed by atoms with Gasteiger partial charge in [-0.15, -0.1) is 0 Å². The Balaban J connectivity index is 2.02. The van der Waals surface area contributed by atoms with E-state index in [0.717, 1.165) is 5.69 Å². The fourth-order valence-corrected chi connectivity index (χ4v) is 2.08. The molecule has 0 aliphatic heterocycles. The number of pyridine rings is 1. The Labute approximate surface area is 115 Å². The Morgan fingerprint density at radius 2 is 1.80 bits per heavy atom. The van der Waals surface area contributed by atoms with Gasteiger partial charge in [0.25, 0.3) is 5.91 Å². The molecule has 20 heavy (non-hydrogen) atoms. The largest absolute Gasteiger partial charge is 0.506 e. The molecule has 4 heteroatoms. The molecule has 0 radical (unpaired) electrons. The average molecular weight is 264 g/mol. The number of carbonyl (C=O) groups is 1. The van der Waals surface area contributed by atoms with Crippen molar-refractivity contribution in [2.75, 3.05) is 5.32 Å². The van der Waals surface area contributed by atoms with Crippen LogP contribution in [0.5, 0.6) is 5.75 Å². The molecule has 4 nitrogen and oxygen atoms in total. The van der Waals surface area contributed by atoms with Gasteiger partial charge in [-0.25, -0.2) is 0 Å². The van der Waals surface area contributed by atoms with Crippen LogP contribution in [0.25, 0.3) is 10.9 Å². The number of fused-ring (bicyclic) bond motifs is 1. The highest BCUT2D eigenvalue weighted by Gasteiger charge is 2.12. The third-order valence-electron chi connectivity index (χ3n) is 3.02. The number of benzene rings is 2. The minimum absolute atomic E-state index is 0.0665. The van der Waals surface area contributed by atoms with E-state index < -0.39 is 0 Å². The SMILES string of the molecule is O=C(Nc1ccccc1)c1ccc(O)c2ncccc12. The molecule has 2 aromatic carbocycles. The molecule has 0 saturated heterocycles. The van der Waals surface area contributed by atoms with Crippen molar-refractivity contribution < 1.29 is 9.90 Å². The predicted molar refractivity (Wildman–Crippen MR) is 77.8 cm³/mol. The Morgan fingerprint density at radius 3 is 2.60 bits per heavy atom. The summed E-state index contributed by atoms with van der Waals surface area (Å²) in [6, 6.07) is 15.8. The normalized spacial score (nSPS) is 10.4. The monoisotopic (exact) mass is 264 g/mol. The van der Waals surface area contributed by atoms with Crippen LogP contribution in [0.15, 0.2) is 60.8 Å². The summed E-state index contributed by atoms with van der Waals surface area (Å²) < 4.78 is 0. The van der Waals surface area contributed by atoms with Gasteiger partial charge in [0, 0.05) is 22.8 Å². The number of aromatic nitrogens is 1. The highest BCUT2D eigenvalue weighted by molar-refractivity contribution is 6.13. The third kappa shape index (κ3) is 2.19. The van der Waals surface area contributed by atoms with Crippen molar-refractivity contribution in [3.05, 3.63) is 66.4 Å². The van der Waals surface area contributed by atoms with Gasteiger partial charge in [0.2, 0.25) is 0 Å². The molecule has 0 saturated carbocycles. The van der Waals surface area contributed by atoms with Gasteiger partial charge < -0.3 is 10.4 Å². The summed E-state index contributed by atoms with van der Waals surface area (Å²) in [6.45, 7) is 0. The summed E-state index contributed by atoms with van der Waals surface area (Å²) in [5.41, 5.74) is 1.63. The molecule has 2 N–H and O–H groups in total. The van der Waals surface area contributed by atoms with Crippen molar-refractivity contribution in [2.45, 2.75) is 0 Å². The Morgan fingerprint density at radius 1 is 1.00 bits per heavy atom. The molecular formula is C16H12N2O2. The second kappa shape index (κ2) is 5.01. The number of hydrogen-bond acceptors (Lipinski definition) is 3. The van der Waals surface area contributed by atoms with E-state index in [9.17, 15) is 9.90 Å². The van der Waals surface area contributed by atoms with Gasteiger partial charge >= 0.3 is 0 Å². The first-order chi connectivity index (χ1) is 9.75. The number of carbonyl (C=O) groups excluding carboxylic acids is 1. The molecule has 0 bridgehead atoms. The lowest BCUT2D eigenvalue weighted by Gasteiger charge is -2.08. The summed E-state index contributed by atoms with van der Waals surface area (Å²) in [6.07, 6.45) is 1.58. The van der Waals surface area contributed by atoms with Gasteiger partial charge in [-0.1, -0.05) is 24.3 Å². The molecule has 1 heterocycles. The van der Waals surface area contributed by atoms with Gasteiger partial charge in [0.1, 0.15) is 11.3 Å². The molecule has 0 aliphatic carbocycles. The Bertz CT molecular complexity index is 770. The van der Waals surface area contributed by atoms with Gasteiger partial charge in [0.05, 0.1) is 0 Å². The van der Waals surface area contributed by atoms with Gasteiger partial charge in [-0.05, 0) is 30.3 Å². The number of aromatic hydroxyl groups is 1. The molecule has 98 valence electrons. The van der Waals surface area contributed by atoms with Crippen molar-refractivity contribution >= 4 is 22.5 Å². The molecule has 0 fully saturated rings. The topological polar surface area (TPSA) is 62.2 Å². The third-order valence-corrected chi connectivity index (χ3v) is 3.02. The number of hydrogen-bond donors (Lipinski definition) is 2. The average Bonchev–Trinajstić information content (AvgIpc) is 2.49. The van der Waals surface area contributed by atoms with Crippen molar-refractivity contribution in [3.63, 3.8) is 0 Å². The van der Waals surface area contributed by atoms with Crippen LogP contribution in [0, 0.1) is 0 Å². The van der Waals surface area contributed by atoms with E-state index in [4.69, 9.17) is 0 Å². The van der Waals surface area contributed by atoms with E-state index in [1.165, 1.54) is 6.07 Å². The van der Waals surface area contributed by atoms with E-state index >= 15 is 0 Å². The van der Waals surface area contributed by atoms with E-state index in [2.05, 4.69) is 10.3 Å². The molecule has 3 rings (SSSR count). The fraction of sp³-hybridized carbons (Fsp3) is 0. The van der Waals surface area contributed by atoms with Gasteiger partial charge in [0.15, 0.2) is 0 Å². The lowest BCUT2D eigenvalue weighted by Crippen LogP contribution is -2.12. The number of nitrogens with one attached hydrogen (secondary N) is 1. The summed E-state index contributed by atoms with van der Waals surface area (Å²) in [4.78, 5) is 16.4. The van der Waals surface area contributed by atoms with Crippen LogP contribution in [0.1, 0.15) is 10.4 Å². The minimum Gasteiger partial charge on any atom is -0.506 e. The lowest BCUT2D eigenvalue weighted by molar-refractivity contribution is 0.102.